The Balaban J connectivity index is 1.87. The topological polar surface area (TPSA) is 29.5 Å². The van der Waals surface area contributed by atoms with Crippen LogP contribution in [0.2, 0.25) is 0 Å². The van der Waals surface area contributed by atoms with E-state index in [1.54, 1.807) is 0 Å². The van der Waals surface area contributed by atoms with Crippen LogP contribution in [-0.2, 0) is 9.53 Å². The van der Waals surface area contributed by atoms with E-state index in [-0.39, 0.29) is 5.97 Å². The third-order valence-electron chi connectivity index (χ3n) is 4.21. The molecule has 0 aromatic rings. The van der Waals surface area contributed by atoms with E-state index in [0.29, 0.717) is 18.6 Å². The van der Waals surface area contributed by atoms with Gasteiger partial charge >= 0.3 is 5.97 Å². The van der Waals surface area contributed by atoms with Crippen LogP contribution in [0.15, 0.2) is 0 Å². The minimum Gasteiger partial charge on any atom is -0.465 e. The number of carbonyl (C=O) groups excluding carboxylic acids is 1. The highest BCUT2D eigenvalue weighted by Crippen LogP contribution is 2.50. The molecule has 16 heavy (non-hydrogen) atoms. The van der Waals surface area contributed by atoms with Gasteiger partial charge in [-0.05, 0) is 37.0 Å². The number of likely N-dealkylation sites (tertiary alicyclic amines) is 1. The minimum absolute atomic E-state index is 0.0703. The Hall–Kier alpha value is -0.570. The highest BCUT2D eigenvalue weighted by Gasteiger charge is 2.48. The van der Waals surface area contributed by atoms with Crippen molar-refractivity contribution in [3.05, 3.63) is 0 Å². The van der Waals surface area contributed by atoms with Gasteiger partial charge in [-0.3, -0.25) is 9.69 Å². The van der Waals surface area contributed by atoms with Gasteiger partial charge in [0.1, 0.15) is 0 Å². The average Bonchev–Trinajstić information content (AvgIpc) is 2.54. The average molecular weight is 225 g/mol. The van der Waals surface area contributed by atoms with E-state index in [4.69, 9.17) is 4.74 Å². The summed E-state index contributed by atoms with van der Waals surface area (Å²) in [6.45, 7) is 9.71. The lowest BCUT2D eigenvalue weighted by Gasteiger charge is -2.23. The van der Waals surface area contributed by atoms with Crippen molar-refractivity contribution in [2.24, 2.45) is 17.3 Å². The quantitative estimate of drug-likeness (QED) is 0.687. The van der Waals surface area contributed by atoms with E-state index in [1.165, 1.54) is 12.8 Å². The van der Waals surface area contributed by atoms with Crippen molar-refractivity contribution in [2.75, 3.05) is 26.2 Å². The molecule has 1 aliphatic heterocycles. The summed E-state index contributed by atoms with van der Waals surface area (Å²) in [6, 6.07) is 0. The summed E-state index contributed by atoms with van der Waals surface area (Å²) in [5.74, 6) is 1.58. The standard InChI is InChI=1S/C13H23NO2/c1-4-16-12(15)8-14-7-11-5-10(2)6-13(11,3)9-14/h10-11H,4-9H2,1-3H3. The van der Waals surface area contributed by atoms with E-state index in [2.05, 4.69) is 18.7 Å². The Morgan fingerprint density at radius 3 is 2.94 bits per heavy atom. The first-order valence-corrected chi connectivity index (χ1v) is 6.41. The van der Waals surface area contributed by atoms with Gasteiger partial charge in [-0.2, -0.15) is 0 Å². The van der Waals surface area contributed by atoms with Gasteiger partial charge in [0.15, 0.2) is 0 Å². The number of nitrogens with zero attached hydrogens (tertiary/aromatic N) is 1. The van der Waals surface area contributed by atoms with Gasteiger partial charge in [0.2, 0.25) is 0 Å². The predicted molar refractivity (Wildman–Crippen MR) is 63.1 cm³/mol. The van der Waals surface area contributed by atoms with E-state index in [0.717, 1.165) is 24.9 Å². The summed E-state index contributed by atoms with van der Waals surface area (Å²) in [6.07, 6.45) is 2.65. The number of hydrogen-bond acceptors (Lipinski definition) is 3. The maximum Gasteiger partial charge on any atom is 0.320 e. The second-order valence-corrected chi connectivity index (χ2v) is 5.87. The zero-order valence-corrected chi connectivity index (χ0v) is 10.7. The Kier molecular flexibility index (Phi) is 3.24. The number of esters is 1. The molecular formula is C13H23NO2. The van der Waals surface area contributed by atoms with Gasteiger partial charge in [-0.15, -0.1) is 0 Å². The van der Waals surface area contributed by atoms with E-state index in [1.807, 2.05) is 6.92 Å². The van der Waals surface area contributed by atoms with Crippen LogP contribution in [-0.4, -0.2) is 37.1 Å². The zero-order valence-electron chi connectivity index (χ0n) is 10.7. The van der Waals surface area contributed by atoms with Crippen molar-refractivity contribution in [3.63, 3.8) is 0 Å². The van der Waals surface area contributed by atoms with Crippen molar-refractivity contribution >= 4 is 5.97 Å². The normalized spacial score (nSPS) is 38.7. The highest BCUT2D eigenvalue weighted by atomic mass is 16.5. The Morgan fingerprint density at radius 1 is 1.56 bits per heavy atom. The third kappa shape index (κ3) is 2.24. The second-order valence-electron chi connectivity index (χ2n) is 5.87. The van der Waals surface area contributed by atoms with E-state index < -0.39 is 0 Å². The Bertz CT molecular complexity index is 279. The number of rotatable bonds is 3. The summed E-state index contributed by atoms with van der Waals surface area (Å²) in [5.41, 5.74) is 0.450. The molecule has 0 spiro atoms. The molecule has 0 N–H and O–H groups in total. The van der Waals surface area contributed by atoms with Crippen LogP contribution in [0.4, 0.5) is 0 Å². The molecule has 1 heterocycles. The number of carbonyl (C=O) groups is 1. The molecule has 92 valence electrons. The number of ether oxygens (including phenoxy) is 1. The SMILES string of the molecule is CCOC(=O)CN1CC2CC(C)CC2(C)C1. The molecule has 2 aliphatic rings. The van der Waals surface area contributed by atoms with E-state index in [9.17, 15) is 4.79 Å². The summed E-state index contributed by atoms with van der Waals surface area (Å²) >= 11 is 0. The van der Waals surface area contributed by atoms with Crippen molar-refractivity contribution < 1.29 is 9.53 Å². The predicted octanol–water partition coefficient (Wildman–Crippen LogP) is 1.92. The van der Waals surface area contributed by atoms with E-state index >= 15 is 0 Å². The first-order chi connectivity index (χ1) is 7.53. The lowest BCUT2D eigenvalue weighted by atomic mass is 9.83. The summed E-state index contributed by atoms with van der Waals surface area (Å²) in [5, 5.41) is 0. The molecule has 3 atom stereocenters. The molecule has 1 aliphatic carbocycles. The molecule has 3 unspecified atom stereocenters. The highest BCUT2D eigenvalue weighted by molar-refractivity contribution is 5.71. The van der Waals surface area contributed by atoms with Crippen LogP contribution in [0.1, 0.15) is 33.6 Å². The fourth-order valence-corrected chi connectivity index (χ4v) is 3.70. The molecule has 3 heteroatoms. The van der Waals surface area contributed by atoms with Crippen LogP contribution in [0.25, 0.3) is 0 Å². The van der Waals surface area contributed by atoms with Crippen LogP contribution in [0, 0.1) is 17.3 Å². The summed E-state index contributed by atoms with van der Waals surface area (Å²) in [7, 11) is 0. The van der Waals surface area contributed by atoms with Crippen LogP contribution < -0.4 is 0 Å². The molecular weight excluding hydrogens is 202 g/mol. The Labute approximate surface area is 98.1 Å². The molecule has 0 aromatic carbocycles. The monoisotopic (exact) mass is 225 g/mol. The summed E-state index contributed by atoms with van der Waals surface area (Å²) < 4.78 is 5.00. The van der Waals surface area contributed by atoms with Crippen LogP contribution in [0.5, 0.6) is 0 Å². The zero-order chi connectivity index (χ0) is 11.8. The number of hydrogen-bond donors (Lipinski definition) is 0. The van der Waals surface area contributed by atoms with Crippen LogP contribution >= 0.6 is 0 Å². The van der Waals surface area contributed by atoms with Gasteiger partial charge in [0, 0.05) is 13.1 Å². The van der Waals surface area contributed by atoms with Crippen molar-refractivity contribution in [3.8, 4) is 0 Å². The third-order valence-corrected chi connectivity index (χ3v) is 4.21. The molecule has 2 rings (SSSR count). The molecule has 2 fully saturated rings. The molecule has 1 saturated carbocycles. The van der Waals surface area contributed by atoms with Gasteiger partial charge in [-0.1, -0.05) is 13.8 Å². The molecule has 0 radical (unpaired) electrons. The van der Waals surface area contributed by atoms with Crippen molar-refractivity contribution in [1.82, 2.24) is 4.90 Å². The van der Waals surface area contributed by atoms with Gasteiger partial charge in [-0.25, -0.2) is 0 Å². The summed E-state index contributed by atoms with van der Waals surface area (Å²) in [4.78, 5) is 13.7. The molecule has 1 saturated heterocycles. The molecule has 0 aromatic heterocycles. The first kappa shape index (κ1) is 11.9. The van der Waals surface area contributed by atoms with Crippen LogP contribution in [0.3, 0.4) is 0 Å². The first-order valence-electron chi connectivity index (χ1n) is 6.41. The van der Waals surface area contributed by atoms with Crippen molar-refractivity contribution in [2.45, 2.75) is 33.6 Å². The minimum atomic E-state index is -0.0703. The van der Waals surface area contributed by atoms with Gasteiger partial charge < -0.3 is 4.74 Å². The van der Waals surface area contributed by atoms with Gasteiger partial charge in [0.25, 0.3) is 0 Å². The maximum absolute atomic E-state index is 11.4. The molecule has 3 nitrogen and oxygen atoms in total. The van der Waals surface area contributed by atoms with Gasteiger partial charge in [0.05, 0.1) is 13.2 Å². The second kappa shape index (κ2) is 4.36. The maximum atomic E-state index is 11.4. The lowest BCUT2D eigenvalue weighted by Crippen LogP contribution is -2.31. The van der Waals surface area contributed by atoms with Crippen molar-refractivity contribution in [1.29, 1.82) is 0 Å². The fourth-order valence-electron chi connectivity index (χ4n) is 3.70. The fraction of sp³-hybridized carbons (Fsp3) is 0.923. The molecule has 0 bridgehead atoms. The largest absolute Gasteiger partial charge is 0.465 e. The molecule has 0 amide bonds. The smallest absolute Gasteiger partial charge is 0.320 e. The lowest BCUT2D eigenvalue weighted by molar-refractivity contribution is -0.144. The number of fused-ring (bicyclic) bond motifs is 1. The Morgan fingerprint density at radius 2 is 2.31 bits per heavy atom.